The van der Waals surface area contributed by atoms with Crippen molar-refractivity contribution < 1.29 is 15.0 Å². The molecule has 6 nitrogen and oxygen atoms in total. The third kappa shape index (κ3) is 1.59. The van der Waals surface area contributed by atoms with E-state index in [1.54, 1.807) is 11.4 Å². The second-order valence-electron chi connectivity index (χ2n) is 3.35. The molecule has 0 aliphatic rings. The maximum Gasteiger partial charge on any atom is 0.356 e. The number of imidazole rings is 1. The second kappa shape index (κ2) is 3.82. The van der Waals surface area contributed by atoms with E-state index in [0.717, 1.165) is 0 Å². The molecular weight excluding hydrogens is 210 g/mol. The van der Waals surface area contributed by atoms with E-state index >= 15 is 0 Å². The predicted molar refractivity (Wildman–Crippen MR) is 56.6 cm³/mol. The lowest BCUT2D eigenvalue weighted by Gasteiger charge is -2.00. The summed E-state index contributed by atoms with van der Waals surface area (Å²) in [7, 11) is 1.74. The maximum atomic E-state index is 11.0. The first-order valence-corrected chi connectivity index (χ1v) is 4.71. The van der Waals surface area contributed by atoms with Gasteiger partial charge in [0.1, 0.15) is 11.6 Å². The van der Waals surface area contributed by atoms with Crippen molar-refractivity contribution in [3.05, 3.63) is 29.8 Å². The molecule has 6 heteroatoms. The molecule has 0 aromatic carbocycles. The van der Waals surface area contributed by atoms with Crippen LogP contribution in [0.15, 0.2) is 18.3 Å². The number of nitrogens with one attached hydrogen (secondary N) is 1. The van der Waals surface area contributed by atoms with Gasteiger partial charge in [-0.3, -0.25) is 4.40 Å². The topological polar surface area (TPSA) is 86.9 Å². The zero-order valence-corrected chi connectivity index (χ0v) is 8.64. The molecular formula is C10H11N3O3. The number of carboxylic acids is 1. The van der Waals surface area contributed by atoms with E-state index in [2.05, 4.69) is 10.3 Å². The zero-order valence-electron chi connectivity index (χ0n) is 8.64. The average Bonchev–Trinajstić information content (AvgIpc) is 2.58. The SMILES string of the molecule is CNCc1nc(C(=O)O)c2ccc(O)cn12. The Labute approximate surface area is 91.2 Å². The molecule has 0 aliphatic heterocycles. The van der Waals surface area contributed by atoms with Crippen LogP contribution in [0.1, 0.15) is 16.3 Å². The fourth-order valence-corrected chi connectivity index (χ4v) is 1.58. The van der Waals surface area contributed by atoms with Crippen molar-refractivity contribution in [3.8, 4) is 5.75 Å². The molecule has 0 saturated carbocycles. The third-order valence-corrected chi connectivity index (χ3v) is 2.23. The lowest BCUT2D eigenvalue weighted by Crippen LogP contribution is -2.08. The summed E-state index contributed by atoms with van der Waals surface area (Å²) in [5.74, 6) is -0.462. The molecule has 16 heavy (non-hydrogen) atoms. The van der Waals surface area contributed by atoms with Gasteiger partial charge in [0, 0.05) is 0 Å². The van der Waals surface area contributed by atoms with Crippen LogP contribution in [0.5, 0.6) is 5.75 Å². The number of rotatable bonds is 3. The zero-order chi connectivity index (χ0) is 11.7. The van der Waals surface area contributed by atoms with Crippen molar-refractivity contribution in [1.82, 2.24) is 14.7 Å². The van der Waals surface area contributed by atoms with Crippen molar-refractivity contribution in [2.45, 2.75) is 6.54 Å². The van der Waals surface area contributed by atoms with Crippen LogP contribution in [-0.2, 0) is 6.54 Å². The number of hydrogen-bond acceptors (Lipinski definition) is 4. The summed E-state index contributed by atoms with van der Waals surface area (Å²) < 4.78 is 1.56. The van der Waals surface area contributed by atoms with Gasteiger partial charge in [0.2, 0.25) is 0 Å². The molecule has 0 saturated heterocycles. The minimum Gasteiger partial charge on any atom is -0.506 e. The molecule has 0 fully saturated rings. The van der Waals surface area contributed by atoms with Crippen LogP contribution in [0.4, 0.5) is 0 Å². The van der Waals surface area contributed by atoms with E-state index in [1.165, 1.54) is 18.3 Å². The molecule has 0 radical (unpaired) electrons. The van der Waals surface area contributed by atoms with Gasteiger partial charge < -0.3 is 15.5 Å². The molecule has 84 valence electrons. The Morgan fingerprint density at radius 3 is 2.94 bits per heavy atom. The normalized spacial score (nSPS) is 10.8. The van der Waals surface area contributed by atoms with Gasteiger partial charge in [-0.05, 0) is 19.2 Å². The van der Waals surface area contributed by atoms with Gasteiger partial charge in [-0.2, -0.15) is 0 Å². The molecule has 0 spiro atoms. The number of aromatic nitrogens is 2. The van der Waals surface area contributed by atoms with Gasteiger partial charge in [0.05, 0.1) is 18.3 Å². The van der Waals surface area contributed by atoms with Gasteiger partial charge in [-0.1, -0.05) is 0 Å². The summed E-state index contributed by atoms with van der Waals surface area (Å²) in [5.41, 5.74) is 0.459. The lowest BCUT2D eigenvalue weighted by atomic mass is 10.3. The van der Waals surface area contributed by atoms with Gasteiger partial charge in [-0.15, -0.1) is 0 Å². The highest BCUT2D eigenvalue weighted by molar-refractivity contribution is 5.93. The monoisotopic (exact) mass is 221 g/mol. The Kier molecular flexibility index (Phi) is 2.49. The number of pyridine rings is 1. The standard InChI is InChI=1S/C10H11N3O3/c1-11-4-8-12-9(10(15)16)7-3-2-6(14)5-13(7)8/h2-3,5,11,14H,4H2,1H3,(H,15,16). The molecule has 2 heterocycles. The van der Waals surface area contributed by atoms with Crippen LogP contribution in [0.3, 0.4) is 0 Å². The number of nitrogens with zero attached hydrogens (tertiary/aromatic N) is 2. The van der Waals surface area contributed by atoms with E-state index < -0.39 is 5.97 Å². The summed E-state index contributed by atoms with van der Waals surface area (Å²) in [4.78, 5) is 15.0. The lowest BCUT2D eigenvalue weighted by molar-refractivity contribution is 0.0693. The maximum absolute atomic E-state index is 11.0. The Bertz CT molecular complexity index is 547. The highest BCUT2D eigenvalue weighted by atomic mass is 16.4. The third-order valence-electron chi connectivity index (χ3n) is 2.23. The molecule has 3 N–H and O–H groups in total. The first-order chi connectivity index (χ1) is 7.63. The Morgan fingerprint density at radius 2 is 2.31 bits per heavy atom. The molecule has 0 atom stereocenters. The highest BCUT2D eigenvalue weighted by Crippen LogP contribution is 2.17. The number of aromatic hydroxyl groups is 1. The molecule has 0 bridgehead atoms. The van der Waals surface area contributed by atoms with E-state index in [9.17, 15) is 9.90 Å². The first kappa shape index (κ1) is 10.4. The van der Waals surface area contributed by atoms with E-state index in [-0.39, 0.29) is 11.4 Å². The molecule has 2 aromatic rings. The summed E-state index contributed by atoms with van der Waals surface area (Å²) in [5, 5.41) is 21.2. The number of hydrogen-bond donors (Lipinski definition) is 3. The fraction of sp³-hybridized carbons (Fsp3) is 0.200. The van der Waals surface area contributed by atoms with Crippen molar-refractivity contribution >= 4 is 11.5 Å². The van der Waals surface area contributed by atoms with Crippen LogP contribution in [-0.4, -0.2) is 32.6 Å². The first-order valence-electron chi connectivity index (χ1n) is 4.71. The van der Waals surface area contributed by atoms with Crippen molar-refractivity contribution in [2.24, 2.45) is 0 Å². The van der Waals surface area contributed by atoms with E-state index in [0.29, 0.717) is 17.9 Å². The van der Waals surface area contributed by atoms with E-state index in [4.69, 9.17) is 5.11 Å². The van der Waals surface area contributed by atoms with Crippen molar-refractivity contribution in [2.75, 3.05) is 7.05 Å². The highest BCUT2D eigenvalue weighted by Gasteiger charge is 2.16. The number of carboxylic acid groups (broad SMARTS) is 1. The van der Waals surface area contributed by atoms with Crippen LogP contribution >= 0.6 is 0 Å². The van der Waals surface area contributed by atoms with Crippen molar-refractivity contribution in [1.29, 1.82) is 0 Å². The molecule has 0 aliphatic carbocycles. The smallest absolute Gasteiger partial charge is 0.356 e. The van der Waals surface area contributed by atoms with E-state index in [1.807, 2.05) is 0 Å². The van der Waals surface area contributed by atoms with Crippen LogP contribution in [0.2, 0.25) is 0 Å². The predicted octanol–water partition coefficient (Wildman–Crippen LogP) is 0.458. The van der Waals surface area contributed by atoms with Gasteiger partial charge >= 0.3 is 5.97 Å². The van der Waals surface area contributed by atoms with Crippen LogP contribution in [0, 0.1) is 0 Å². The molecule has 2 rings (SSSR count). The molecule has 0 unspecified atom stereocenters. The Hall–Kier alpha value is -2.08. The summed E-state index contributed by atoms with van der Waals surface area (Å²) >= 11 is 0. The Balaban J connectivity index is 2.71. The summed E-state index contributed by atoms with van der Waals surface area (Å²) in [6.07, 6.45) is 1.45. The summed E-state index contributed by atoms with van der Waals surface area (Å²) in [6.45, 7) is 0.428. The quantitative estimate of drug-likeness (QED) is 0.700. The van der Waals surface area contributed by atoms with Gasteiger partial charge in [0.25, 0.3) is 0 Å². The number of aromatic carboxylic acids is 1. The number of fused-ring (bicyclic) bond motifs is 1. The second-order valence-corrected chi connectivity index (χ2v) is 3.35. The average molecular weight is 221 g/mol. The minimum absolute atomic E-state index is 0.00903. The Morgan fingerprint density at radius 1 is 1.56 bits per heavy atom. The van der Waals surface area contributed by atoms with Crippen LogP contribution in [0.25, 0.3) is 5.52 Å². The fourth-order valence-electron chi connectivity index (χ4n) is 1.58. The minimum atomic E-state index is -1.08. The largest absolute Gasteiger partial charge is 0.506 e. The molecule has 2 aromatic heterocycles. The van der Waals surface area contributed by atoms with Crippen molar-refractivity contribution in [3.63, 3.8) is 0 Å². The summed E-state index contributed by atoms with van der Waals surface area (Å²) in [6, 6.07) is 2.97. The van der Waals surface area contributed by atoms with Gasteiger partial charge in [-0.25, -0.2) is 9.78 Å². The van der Waals surface area contributed by atoms with Crippen LogP contribution < -0.4 is 5.32 Å². The van der Waals surface area contributed by atoms with Gasteiger partial charge in [0.15, 0.2) is 5.69 Å². The molecule has 0 amide bonds. The number of carbonyl (C=O) groups is 1.